The number of nitrogens with one attached hydrogen (secondary N) is 1. The van der Waals surface area contributed by atoms with Crippen molar-refractivity contribution < 1.29 is 21.8 Å². The zero-order valence-electron chi connectivity index (χ0n) is 18.5. The highest BCUT2D eigenvalue weighted by Gasteiger charge is 2.11. The molecule has 1 aromatic heterocycles. The van der Waals surface area contributed by atoms with E-state index < -0.39 is 0 Å². The number of amides is 1. The lowest BCUT2D eigenvalue weighted by atomic mass is 10.1. The van der Waals surface area contributed by atoms with Crippen LogP contribution in [0.2, 0.25) is 10.0 Å². The van der Waals surface area contributed by atoms with Crippen LogP contribution in [0.3, 0.4) is 0 Å². The molecule has 0 bridgehead atoms. The molecule has 1 aromatic carbocycles. The van der Waals surface area contributed by atoms with Crippen molar-refractivity contribution in [3.8, 4) is 0 Å². The van der Waals surface area contributed by atoms with E-state index >= 15 is 0 Å². The van der Waals surface area contributed by atoms with E-state index in [1.807, 2.05) is 41.2 Å². The molecule has 0 fully saturated rings. The van der Waals surface area contributed by atoms with Crippen LogP contribution in [0.4, 0.5) is 0 Å². The zero-order valence-corrected chi connectivity index (χ0v) is 20.8. The minimum Gasteiger partial charge on any atom is -1.00 e. The number of carbonyl (C=O) groups excluding carboxylic acids is 1. The summed E-state index contributed by atoms with van der Waals surface area (Å²) in [5.74, 6) is -0.0191. The first kappa shape index (κ1) is 27.7. The van der Waals surface area contributed by atoms with Gasteiger partial charge in [0, 0.05) is 18.2 Å². The van der Waals surface area contributed by atoms with Crippen LogP contribution >= 0.6 is 23.2 Å². The van der Waals surface area contributed by atoms with Gasteiger partial charge in [0.25, 0.3) is 5.91 Å². The van der Waals surface area contributed by atoms with Crippen molar-refractivity contribution in [2.45, 2.75) is 77.7 Å². The van der Waals surface area contributed by atoms with Crippen molar-refractivity contribution in [2.24, 2.45) is 0 Å². The van der Waals surface area contributed by atoms with E-state index in [4.69, 9.17) is 23.2 Å². The Kier molecular flexibility index (Phi) is 14.6. The number of pyridine rings is 1. The number of aromatic nitrogens is 1. The molecule has 31 heavy (non-hydrogen) atoms. The summed E-state index contributed by atoms with van der Waals surface area (Å²) in [6, 6.07) is 9.34. The molecule has 0 unspecified atom stereocenters. The molecule has 1 amide bonds. The summed E-state index contributed by atoms with van der Waals surface area (Å²) in [7, 11) is 0. The van der Waals surface area contributed by atoms with Gasteiger partial charge in [-0.15, -0.1) is 0 Å². The lowest BCUT2D eigenvalue weighted by Gasteiger charge is -2.06. The number of hydrogen-bond acceptors (Lipinski definition) is 1. The van der Waals surface area contributed by atoms with Crippen molar-refractivity contribution in [1.82, 2.24) is 5.32 Å². The molecular formula is C25H35Cl3N2O. The van der Waals surface area contributed by atoms with Crippen LogP contribution in [0.25, 0.3) is 0 Å². The summed E-state index contributed by atoms with van der Waals surface area (Å²) in [5.41, 5.74) is 1.71. The van der Waals surface area contributed by atoms with Crippen LogP contribution in [-0.4, -0.2) is 12.5 Å². The number of benzene rings is 1. The van der Waals surface area contributed by atoms with Crippen molar-refractivity contribution >= 4 is 29.1 Å². The summed E-state index contributed by atoms with van der Waals surface area (Å²) < 4.78 is 1.98. The summed E-state index contributed by atoms with van der Waals surface area (Å²) in [6.07, 6.45) is 16.8. The largest absolute Gasteiger partial charge is 1.00 e. The molecule has 2 rings (SSSR count). The average molecular weight is 486 g/mol. The predicted molar refractivity (Wildman–Crippen MR) is 126 cm³/mol. The Morgan fingerprint density at radius 2 is 1.55 bits per heavy atom. The topological polar surface area (TPSA) is 33.0 Å². The Morgan fingerprint density at radius 3 is 2.19 bits per heavy atom. The van der Waals surface area contributed by atoms with Gasteiger partial charge < -0.3 is 17.7 Å². The van der Waals surface area contributed by atoms with Crippen LogP contribution in [-0.2, 0) is 6.54 Å². The molecule has 1 heterocycles. The van der Waals surface area contributed by atoms with Gasteiger partial charge in [-0.2, -0.15) is 4.57 Å². The van der Waals surface area contributed by atoms with E-state index in [-0.39, 0.29) is 18.3 Å². The fourth-order valence-electron chi connectivity index (χ4n) is 3.52. The number of hydrogen-bond donors (Lipinski definition) is 1. The third-order valence-electron chi connectivity index (χ3n) is 5.29. The van der Waals surface area contributed by atoms with E-state index in [0.717, 1.165) is 18.5 Å². The molecule has 0 saturated carbocycles. The molecule has 0 radical (unpaired) electrons. The second-order valence-corrected chi connectivity index (χ2v) is 8.77. The Hall–Kier alpha value is -1.29. The number of halogens is 3. The van der Waals surface area contributed by atoms with Gasteiger partial charge in [0.05, 0.1) is 10.0 Å². The minimum absolute atomic E-state index is 0. The first-order valence-electron chi connectivity index (χ1n) is 11.3. The van der Waals surface area contributed by atoms with Crippen LogP contribution in [0.5, 0.6) is 0 Å². The molecule has 2 aromatic rings. The van der Waals surface area contributed by atoms with Crippen LogP contribution in [0, 0.1) is 0 Å². The summed E-state index contributed by atoms with van der Waals surface area (Å²) in [6.45, 7) is 3.62. The fourth-order valence-corrected chi connectivity index (χ4v) is 3.84. The smallest absolute Gasteiger partial charge is 0.257 e. The molecule has 0 aliphatic carbocycles. The highest BCUT2D eigenvalue weighted by atomic mass is 35.5. The standard InChI is InChI=1S/C25H34Cl2N2O.ClH/c1-2-3-4-5-6-7-8-9-10-11-16-28-25(30)22-13-12-17-29(20-22)19-21-14-15-23(26)24(27)18-21;/h12-15,17-18,20H,2-11,16,19H2,1H3;1H. The number of nitrogens with zero attached hydrogens (tertiary/aromatic N) is 1. The fraction of sp³-hybridized carbons (Fsp3) is 0.520. The molecule has 0 saturated heterocycles. The maximum absolute atomic E-state index is 12.4. The van der Waals surface area contributed by atoms with Crippen molar-refractivity contribution in [3.63, 3.8) is 0 Å². The average Bonchev–Trinajstić information content (AvgIpc) is 2.74. The molecule has 3 nitrogen and oxygen atoms in total. The van der Waals surface area contributed by atoms with E-state index in [2.05, 4.69) is 12.2 Å². The molecule has 0 spiro atoms. The van der Waals surface area contributed by atoms with Crippen molar-refractivity contribution in [3.05, 3.63) is 63.9 Å². The number of unbranched alkanes of at least 4 members (excludes halogenated alkanes) is 9. The third kappa shape index (κ3) is 11.2. The first-order valence-corrected chi connectivity index (χ1v) is 12.1. The molecule has 1 N–H and O–H groups in total. The van der Waals surface area contributed by atoms with Gasteiger partial charge in [0.2, 0.25) is 0 Å². The normalized spacial score (nSPS) is 10.5. The van der Waals surface area contributed by atoms with Gasteiger partial charge in [0.1, 0.15) is 5.56 Å². The molecule has 6 heteroatoms. The molecule has 0 aliphatic heterocycles. The van der Waals surface area contributed by atoms with Crippen LogP contribution in [0.15, 0.2) is 42.7 Å². The Morgan fingerprint density at radius 1 is 0.903 bits per heavy atom. The Balaban J connectivity index is 0.00000480. The quantitative estimate of drug-likeness (QED) is 0.319. The van der Waals surface area contributed by atoms with E-state index in [9.17, 15) is 4.79 Å². The van der Waals surface area contributed by atoms with Crippen LogP contribution in [0.1, 0.15) is 87.1 Å². The number of rotatable bonds is 14. The van der Waals surface area contributed by atoms with E-state index in [1.54, 1.807) is 6.07 Å². The van der Waals surface area contributed by atoms with Gasteiger partial charge in [-0.25, -0.2) is 0 Å². The second-order valence-electron chi connectivity index (χ2n) is 7.95. The van der Waals surface area contributed by atoms with E-state index in [0.29, 0.717) is 22.2 Å². The highest BCUT2D eigenvalue weighted by Crippen LogP contribution is 2.22. The highest BCUT2D eigenvalue weighted by molar-refractivity contribution is 6.42. The van der Waals surface area contributed by atoms with Gasteiger partial charge >= 0.3 is 0 Å². The first-order chi connectivity index (χ1) is 14.6. The van der Waals surface area contributed by atoms with Gasteiger partial charge in [-0.3, -0.25) is 4.79 Å². The van der Waals surface area contributed by atoms with Crippen LogP contribution < -0.4 is 22.3 Å². The van der Waals surface area contributed by atoms with Crippen molar-refractivity contribution in [2.75, 3.05) is 6.54 Å². The minimum atomic E-state index is -0.0191. The van der Waals surface area contributed by atoms with Gasteiger partial charge in [0.15, 0.2) is 18.9 Å². The maximum Gasteiger partial charge on any atom is 0.257 e. The third-order valence-corrected chi connectivity index (χ3v) is 6.02. The van der Waals surface area contributed by atoms with Gasteiger partial charge in [-0.05, 0) is 24.6 Å². The Labute approximate surface area is 203 Å². The predicted octanol–water partition coefficient (Wildman–Crippen LogP) is 3.98. The summed E-state index contributed by atoms with van der Waals surface area (Å²) in [5, 5.41) is 4.13. The molecule has 0 aliphatic rings. The summed E-state index contributed by atoms with van der Waals surface area (Å²) in [4.78, 5) is 12.4. The molecule has 0 atom stereocenters. The summed E-state index contributed by atoms with van der Waals surface area (Å²) >= 11 is 12.1. The monoisotopic (exact) mass is 484 g/mol. The molecule has 172 valence electrons. The van der Waals surface area contributed by atoms with Gasteiger partial charge in [-0.1, -0.05) is 94.0 Å². The van der Waals surface area contributed by atoms with Crippen molar-refractivity contribution in [1.29, 1.82) is 0 Å². The lowest BCUT2D eigenvalue weighted by molar-refractivity contribution is -0.688. The second kappa shape index (κ2) is 16.4. The van der Waals surface area contributed by atoms with E-state index in [1.165, 1.54) is 57.8 Å². The Bertz CT molecular complexity index is 783. The maximum atomic E-state index is 12.4. The number of carbonyl (C=O) groups is 1. The molecular weight excluding hydrogens is 451 g/mol. The zero-order chi connectivity index (χ0) is 21.6. The lowest BCUT2D eigenvalue weighted by Crippen LogP contribution is -3.00. The SMILES string of the molecule is CCCCCCCCCCCCNC(=O)c1ccc[n+](Cc2ccc(Cl)c(Cl)c2)c1.[Cl-].